The first-order valence-electron chi connectivity index (χ1n) is 7.77. The number of nitrogens with zero attached hydrogens (tertiary/aromatic N) is 2. The molecule has 1 aromatic heterocycles. The highest BCUT2D eigenvalue weighted by Crippen LogP contribution is 2.21. The second-order valence-corrected chi connectivity index (χ2v) is 6.47. The number of nitrogens with one attached hydrogen (secondary N) is 1. The summed E-state index contributed by atoms with van der Waals surface area (Å²) in [6.07, 6.45) is 4.08. The van der Waals surface area contributed by atoms with Crippen LogP contribution >= 0.6 is 0 Å². The van der Waals surface area contributed by atoms with Gasteiger partial charge in [0, 0.05) is 37.4 Å². The van der Waals surface area contributed by atoms with Gasteiger partial charge in [0.05, 0.1) is 0 Å². The van der Waals surface area contributed by atoms with Gasteiger partial charge in [-0.15, -0.1) is 0 Å². The van der Waals surface area contributed by atoms with Crippen molar-refractivity contribution in [2.75, 3.05) is 26.7 Å². The van der Waals surface area contributed by atoms with E-state index in [4.69, 9.17) is 0 Å². The normalized spacial score (nSPS) is 13.7. The first-order chi connectivity index (χ1) is 9.45. The lowest BCUT2D eigenvalue weighted by Crippen LogP contribution is -2.46. The fraction of sp³-hybridized carbons (Fsp3) is 0.706. The van der Waals surface area contributed by atoms with Gasteiger partial charge in [-0.05, 0) is 44.5 Å². The van der Waals surface area contributed by atoms with E-state index >= 15 is 0 Å². The maximum Gasteiger partial charge on any atom is 0.0416 e. The van der Waals surface area contributed by atoms with Gasteiger partial charge < -0.3 is 10.2 Å². The van der Waals surface area contributed by atoms with E-state index in [2.05, 4.69) is 62.1 Å². The standard InChI is InChI=1S/C17H31N3/c1-6-11-18-15(2)17(3,4)14-20(5)13-10-16-9-7-8-12-19-16/h7-9,12,15,18H,6,10-11,13-14H2,1-5H3. The van der Waals surface area contributed by atoms with Gasteiger partial charge in [0.2, 0.25) is 0 Å². The molecule has 3 nitrogen and oxygen atoms in total. The second-order valence-electron chi connectivity index (χ2n) is 6.47. The molecule has 0 aliphatic heterocycles. The number of hydrogen-bond donors (Lipinski definition) is 1. The van der Waals surface area contributed by atoms with Crippen LogP contribution in [0, 0.1) is 5.41 Å². The van der Waals surface area contributed by atoms with Crippen molar-refractivity contribution in [2.24, 2.45) is 5.41 Å². The van der Waals surface area contributed by atoms with Gasteiger partial charge in [0.1, 0.15) is 0 Å². The van der Waals surface area contributed by atoms with Crippen molar-refractivity contribution in [3.63, 3.8) is 0 Å². The van der Waals surface area contributed by atoms with Crippen LogP contribution < -0.4 is 5.32 Å². The van der Waals surface area contributed by atoms with E-state index in [9.17, 15) is 0 Å². The van der Waals surface area contributed by atoms with E-state index in [1.54, 1.807) is 0 Å². The number of rotatable bonds is 9. The van der Waals surface area contributed by atoms with Crippen molar-refractivity contribution in [2.45, 2.75) is 46.6 Å². The Morgan fingerprint density at radius 2 is 2.10 bits per heavy atom. The quantitative estimate of drug-likeness (QED) is 0.752. The zero-order chi connectivity index (χ0) is 15.0. The molecule has 0 saturated carbocycles. The summed E-state index contributed by atoms with van der Waals surface area (Å²) in [6.45, 7) is 12.4. The van der Waals surface area contributed by atoms with Gasteiger partial charge in [-0.2, -0.15) is 0 Å². The molecule has 0 spiro atoms. The monoisotopic (exact) mass is 277 g/mol. The average molecular weight is 277 g/mol. The first kappa shape index (κ1) is 17.1. The Morgan fingerprint density at radius 3 is 2.70 bits per heavy atom. The predicted octanol–water partition coefficient (Wildman–Crippen LogP) is 2.97. The fourth-order valence-electron chi connectivity index (χ4n) is 2.40. The molecule has 1 rings (SSSR count). The molecule has 0 aromatic carbocycles. The minimum Gasteiger partial charge on any atom is -0.314 e. The molecule has 0 fully saturated rings. The Labute approximate surface area is 124 Å². The summed E-state index contributed by atoms with van der Waals surface area (Å²) in [5.74, 6) is 0. The van der Waals surface area contributed by atoms with Crippen LogP contribution in [0.4, 0.5) is 0 Å². The number of pyridine rings is 1. The molecule has 1 atom stereocenters. The molecular weight excluding hydrogens is 246 g/mol. The van der Waals surface area contributed by atoms with Crippen molar-refractivity contribution in [3.05, 3.63) is 30.1 Å². The van der Waals surface area contributed by atoms with Crippen molar-refractivity contribution in [1.29, 1.82) is 0 Å². The molecule has 0 aliphatic carbocycles. The number of aromatic nitrogens is 1. The summed E-state index contributed by atoms with van der Waals surface area (Å²) < 4.78 is 0. The van der Waals surface area contributed by atoms with Crippen LogP contribution in [0.5, 0.6) is 0 Å². The Hall–Kier alpha value is -0.930. The Bertz CT molecular complexity index is 362. The predicted molar refractivity (Wildman–Crippen MR) is 87.0 cm³/mol. The lowest BCUT2D eigenvalue weighted by atomic mass is 9.84. The van der Waals surface area contributed by atoms with Crippen LogP contribution in [-0.2, 0) is 6.42 Å². The van der Waals surface area contributed by atoms with E-state index in [-0.39, 0.29) is 5.41 Å². The third-order valence-corrected chi connectivity index (χ3v) is 4.03. The molecule has 1 heterocycles. The first-order valence-corrected chi connectivity index (χ1v) is 7.77. The third kappa shape index (κ3) is 6.02. The summed E-state index contributed by atoms with van der Waals surface area (Å²) in [4.78, 5) is 6.80. The molecular formula is C17H31N3. The molecule has 0 saturated heterocycles. The van der Waals surface area contributed by atoms with Gasteiger partial charge >= 0.3 is 0 Å². The maximum atomic E-state index is 4.38. The average Bonchev–Trinajstić information content (AvgIpc) is 2.43. The number of likely N-dealkylation sites (N-methyl/N-ethyl adjacent to an activating group) is 1. The molecule has 3 heteroatoms. The molecule has 0 aliphatic rings. The molecule has 114 valence electrons. The highest BCUT2D eigenvalue weighted by atomic mass is 15.1. The number of hydrogen-bond acceptors (Lipinski definition) is 3. The van der Waals surface area contributed by atoms with Gasteiger partial charge in [-0.3, -0.25) is 4.98 Å². The summed E-state index contributed by atoms with van der Waals surface area (Å²) in [6, 6.07) is 6.66. The van der Waals surface area contributed by atoms with Crippen molar-refractivity contribution < 1.29 is 0 Å². The summed E-state index contributed by atoms with van der Waals surface area (Å²) in [7, 11) is 2.21. The van der Waals surface area contributed by atoms with Crippen LogP contribution in [0.15, 0.2) is 24.4 Å². The SMILES string of the molecule is CCCNC(C)C(C)(C)CN(C)CCc1ccccn1. The Morgan fingerprint density at radius 1 is 1.35 bits per heavy atom. The zero-order valence-corrected chi connectivity index (χ0v) is 13.8. The molecule has 1 aromatic rings. The Balaban J connectivity index is 2.38. The van der Waals surface area contributed by atoms with E-state index in [1.165, 1.54) is 12.1 Å². The Kier molecular flexibility index (Phi) is 7.17. The topological polar surface area (TPSA) is 28.2 Å². The smallest absolute Gasteiger partial charge is 0.0416 e. The van der Waals surface area contributed by atoms with E-state index in [0.29, 0.717) is 6.04 Å². The highest BCUT2D eigenvalue weighted by molar-refractivity contribution is 5.03. The van der Waals surface area contributed by atoms with Gasteiger partial charge in [0.15, 0.2) is 0 Å². The fourth-order valence-corrected chi connectivity index (χ4v) is 2.40. The van der Waals surface area contributed by atoms with Crippen molar-refractivity contribution >= 4 is 0 Å². The maximum absolute atomic E-state index is 4.38. The molecule has 0 amide bonds. The van der Waals surface area contributed by atoms with Crippen LogP contribution in [0.1, 0.15) is 39.8 Å². The van der Waals surface area contributed by atoms with Gasteiger partial charge in [0.25, 0.3) is 0 Å². The van der Waals surface area contributed by atoms with Crippen LogP contribution in [0.25, 0.3) is 0 Å². The molecule has 0 radical (unpaired) electrons. The second kappa shape index (κ2) is 8.38. The molecule has 1 N–H and O–H groups in total. The van der Waals surface area contributed by atoms with Gasteiger partial charge in [-0.1, -0.05) is 26.8 Å². The largest absolute Gasteiger partial charge is 0.314 e. The van der Waals surface area contributed by atoms with E-state index in [0.717, 1.165) is 26.1 Å². The molecule has 0 bridgehead atoms. The van der Waals surface area contributed by atoms with Crippen LogP contribution in [-0.4, -0.2) is 42.6 Å². The van der Waals surface area contributed by atoms with E-state index < -0.39 is 0 Å². The van der Waals surface area contributed by atoms with Gasteiger partial charge in [-0.25, -0.2) is 0 Å². The molecule has 1 unspecified atom stereocenters. The van der Waals surface area contributed by atoms with Crippen LogP contribution in [0.3, 0.4) is 0 Å². The molecule has 20 heavy (non-hydrogen) atoms. The lowest BCUT2D eigenvalue weighted by molar-refractivity contribution is 0.165. The van der Waals surface area contributed by atoms with Crippen LogP contribution in [0.2, 0.25) is 0 Å². The zero-order valence-electron chi connectivity index (χ0n) is 13.8. The summed E-state index contributed by atoms with van der Waals surface area (Å²) >= 11 is 0. The third-order valence-electron chi connectivity index (χ3n) is 4.03. The highest BCUT2D eigenvalue weighted by Gasteiger charge is 2.26. The lowest BCUT2D eigenvalue weighted by Gasteiger charge is -2.36. The minimum absolute atomic E-state index is 0.272. The minimum atomic E-state index is 0.272. The van der Waals surface area contributed by atoms with Crippen molar-refractivity contribution in [1.82, 2.24) is 15.2 Å². The van der Waals surface area contributed by atoms with E-state index in [1.807, 2.05) is 12.3 Å². The summed E-state index contributed by atoms with van der Waals surface area (Å²) in [5.41, 5.74) is 1.45. The summed E-state index contributed by atoms with van der Waals surface area (Å²) in [5, 5.41) is 3.61. The van der Waals surface area contributed by atoms with Crippen molar-refractivity contribution in [3.8, 4) is 0 Å².